The molecule has 0 aliphatic heterocycles. The molecule has 1 N–H and O–H groups in total. The van der Waals surface area contributed by atoms with Gasteiger partial charge in [-0.1, -0.05) is 0 Å². The molecule has 1 heterocycles. The third-order valence-corrected chi connectivity index (χ3v) is 3.52. The summed E-state index contributed by atoms with van der Waals surface area (Å²) in [7, 11) is 0. The van der Waals surface area contributed by atoms with Gasteiger partial charge in [0.25, 0.3) is 0 Å². The predicted octanol–water partition coefficient (Wildman–Crippen LogP) is 3.18. The highest BCUT2D eigenvalue weighted by Gasteiger charge is 2.09. The zero-order valence-corrected chi connectivity index (χ0v) is 10.2. The van der Waals surface area contributed by atoms with Crippen LogP contribution in [0, 0.1) is 5.41 Å². The van der Waals surface area contributed by atoms with Crippen LogP contribution in [0.15, 0.2) is 15.9 Å². The minimum atomic E-state index is 0.626. The summed E-state index contributed by atoms with van der Waals surface area (Å²) in [6.07, 6.45) is 0. The first-order valence-electron chi connectivity index (χ1n) is 4.28. The van der Waals surface area contributed by atoms with Crippen molar-refractivity contribution in [2.24, 2.45) is 0 Å². The average molecular weight is 261 g/mol. The predicted molar refractivity (Wildman–Crippen MR) is 61.8 cm³/mol. The second-order valence-corrected chi connectivity index (χ2v) is 5.09. The third-order valence-electron chi connectivity index (χ3n) is 1.89. The summed E-state index contributed by atoms with van der Waals surface area (Å²) in [4.78, 5) is 3.06. The van der Waals surface area contributed by atoms with E-state index in [1.807, 2.05) is 17.0 Å². The van der Waals surface area contributed by atoms with Crippen molar-refractivity contribution in [1.29, 1.82) is 5.41 Å². The van der Waals surface area contributed by atoms with Crippen LogP contribution < -0.4 is 0 Å². The van der Waals surface area contributed by atoms with Crippen LogP contribution in [0.2, 0.25) is 0 Å². The number of nitrogens with one attached hydrogen (secondary N) is 1. The summed E-state index contributed by atoms with van der Waals surface area (Å²) >= 11 is 5.00. The second-order valence-electron chi connectivity index (χ2n) is 2.62. The minimum absolute atomic E-state index is 0.626. The first kappa shape index (κ1) is 10.7. The molecule has 0 aliphatic carbocycles. The van der Waals surface area contributed by atoms with Gasteiger partial charge >= 0.3 is 0 Å². The Bertz CT molecular complexity index is 292. The van der Waals surface area contributed by atoms with Gasteiger partial charge < -0.3 is 4.90 Å². The Morgan fingerprint density at radius 1 is 1.46 bits per heavy atom. The molecule has 0 saturated carbocycles. The van der Waals surface area contributed by atoms with Crippen LogP contribution in [0.1, 0.15) is 18.7 Å². The number of amidine groups is 1. The molecule has 2 nitrogen and oxygen atoms in total. The fourth-order valence-corrected chi connectivity index (χ4v) is 2.50. The topological polar surface area (TPSA) is 27.1 Å². The van der Waals surface area contributed by atoms with Crippen LogP contribution in [-0.2, 0) is 0 Å². The molecule has 4 heteroatoms. The normalized spacial score (nSPS) is 10.1. The highest BCUT2D eigenvalue weighted by atomic mass is 79.9. The summed E-state index contributed by atoms with van der Waals surface area (Å²) in [5.41, 5.74) is 0. The number of hydrogen-bond acceptors (Lipinski definition) is 2. The molecule has 0 amide bonds. The maximum absolute atomic E-state index is 7.92. The molecule has 0 bridgehead atoms. The Labute approximate surface area is 91.2 Å². The number of halogens is 1. The van der Waals surface area contributed by atoms with E-state index in [4.69, 9.17) is 5.41 Å². The van der Waals surface area contributed by atoms with Crippen LogP contribution in [-0.4, -0.2) is 23.8 Å². The number of hydrogen-bond donors (Lipinski definition) is 1. The molecule has 13 heavy (non-hydrogen) atoms. The minimum Gasteiger partial charge on any atom is -0.356 e. The van der Waals surface area contributed by atoms with E-state index in [2.05, 4.69) is 29.8 Å². The van der Waals surface area contributed by atoms with Crippen molar-refractivity contribution < 1.29 is 0 Å². The number of rotatable bonds is 3. The molecule has 0 saturated heterocycles. The Balaban J connectivity index is 2.78. The highest BCUT2D eigenvalue weighted by molar-refractivity contribution is 9.11. The first-order chi connectivity index (χ1) is 6.19. The van der Waals surface area contributed by atoms with Gasteiger partial charge in [0.2, 0.25) is 0 Å². The lowest BCUT2D eigenvalue weighted by Gasteiger charge is -2.20. The summed E-state index contributed by atoms with van der Waals surface area (Å²) in [6, 6.07) is 3.97. The fourth-order valence-electron chi connectivity index (χ4n) is 1.14. The highest BCUT2D eigenvalue weighted by Crippen LogP contribution is 2.23. The van der Waals surface area contributed by atoms with Gasteiger partial charge in [0.05, 0.1) is 8.66 Å². The molecule has 0 aliphatic rings. The fraction of sp³-hybridized carbons (Fsp3) is 0.444. The van der Waals surface area contributed by atoms with E-state index in [1.54, 1.807) is 11.3 Å². The van der Waals surface area contributed by atoms with E-state index in [0.29, 0.717) is 5.84 Å². The maximum atomic E-state index is 7.92. The van der Waals surface area contributed by atoms with Gasteiger partial charge in [-0.2, -0.15) is 0 Å². The van der Waals surface area contributed by atoms with Gasteiger partial charge in [0.1, 0.15) is 5.84 Å². The Morgan fingerprint density at radius 3 is 2.46 bits per heavy atom. The SMILES string of the molecule is CCN(CC)C(=N)c1ccc(Br)s1. The van der Waals surface area contributed by atoms with Crippen molar-refractivity contribution in [3.8, 4) is 0 Å². The molecule has 1 aromatic rings. The molecule has 1 rings (SSSR count). The van der Waals surface area contributed by atoms with E-state index in [9.17, 15) is 0 Å². The largest absolute Gasteiger partial charge is 0.356 e. The smallest absolute Gasteiger partial charge is 0.138 e. The van der Waals surface area contributed by atoms with E-state index in [1.165, 1.54) is 0 Å². The molecule has 0 radical (unpaired) electrons. The van der Waals surface area contributed by atoms with Crippen LogP contribution in [0.3, 0.4) is 0 Å². The molecule has 0 fully saturated rings. The zero-order valence-electron chi connectivity index (χ0n) is 7.80. The summed E-state index contributed by atoms with van der Waals surface area (Å²) in [5.74, 6) is 0.626. The monoisotopic (exact) mass is 260 g/mol. The lowest BCUT2D eigenvalue weighted by Crippen LogP contribution is -2.29. The Kier molecular flexibility index (Phi) is 3.93. The van der Waals surface area contributed by atoms with Crippen LogP contribution in [0.5, 0.6) is 0 Å². The van der Waals surface area contributed by atoms with Crippen molar-refractivity contribution in [2.45, 2.75) is 13.8 Å². The molecular formula is C9H13BrN2S. The van der Waals surface area contributed by atoms with E-state index < -0.39 is 0 Å². The standard InChI is InChI=1S/C9H13BrN2S/c1-3-12(4-2)9(11)7-5-6-8(10)13-7/h5-6,11H,3-4H2,1-2H3. The molecule has 72 valence electrons. The number of nitrogens with zero attached hydrogens (tertiary/aromatic N) is 1. The molecular weight excluding hydrogens is 248 g/mol. The van der Waals surface area contributed by atoms with Crippen LogP contribution >= 0.6 is 27.3 Å². The first-order valence-corrected chi connectivity index (χ1v) is 5.89. The number of thiophene rings is 1. The van der Waals surface area contributed by atoms with E-state index in [-0.39, 0.29) is 0 Å². The van der Waals surface area contributed by atoms with Crippen molar-refractivity contribution in [3.63, 3.8) is 0 Å². The lowest BCUT2D eigenvalue weighted by atomic mass is 10.4. The van der Waals surface area contributed by atoms with Gasteiger partial charge in [-0.3, -0.25) is 5.41 Å². The van der Waals surface area contributed by atoms with E-state index in [0.717, 1.165) is 21.8 Å². The molecule has 0 unspecified atom stereocenters. The second kappa shape index (κ2) is 4.77. The average Bonchev–Trinajstić information content (AvgIpc) is 2.54. The van der Waals surface area contributed by atoms with Crippen LogP contribution in [0.25, 0.3) is 0 Å². The molecule has 0 aromatic carbocycles. The molecule has 0 spiro atoms. The van der Waals surface area contributed by atoms with E-state index >= 15 is 0 Å². The molecule has 0 atom stereocenters. The zero-order chi connectivity index (χ0) is 9.84. The van der Waals surface area contributed by atoms with Crippen molar-refractivity contribution in [1.82, 2.24) is 4.90 Å². The van der Waals surface area contributed by atoms with Gasteiger partial charge in [-0.15, -0.1) is 11.3 Å². The van der Waals surface area contributed by atoms with Crippen molar-refractivity contribution in [3.05, 3.63) is 20.8 Å². The van der Waals surface area contributed by atoms with Gasteiger partial charge in [0, 0.05) is 13.1 Å². The quantitative estimate of drug-likeness (QED) is 0.656. The summed E-state index contributed by atoms with van der Waals surface area (Å²) in [5, 5.41) is 7.92. The van der Waals surface area contributed by atoms with Crippen molar-refractivity contribution >= 4 is 33.1 Å². The maximum Gasteiger partial charge on any atom is 0.138 e. The van der Waals surface area contributed by atoms with Gasteiger partial charge in [-0.25, -0.2) is 0 Å². The lowest BCUT2D eigenvalue weighted by molar-refractivity contribution is 0.464. The Hall–Kier alpha value is -0.350. The van der Waals surface area contributed by atoms with Crippen LogP contribution in [0.4, 0.5) is 0 Å². The van der Waals surface area contributed by atoms with Gasteiger partial charge in [-0.05, 0) is 41.9 Å². The Morgan fingerprint density at radius 2 is 2.08 bits per heavy atom. The van der Waals surface area contributed by atoms with Gasteiger partial charge in [0.15, 0.2) is 0 Å². The molecule has 1 aromatic heterocycles. The summed E-state index contributed by atoms with van der Waals surface area (Å²) < 4.78 is 1.08. The third kappa shape index (κ3) is 2.54. The summed E-state index contributed by atoms with van der Waals surface area (Å²) in [6.45, 7) is 5.93. The van der Waals surface area contributed by atoms with Crippen molar-refractivity contribution in [2.75, 3.05) is 13.1 Å².